The van der Waals surface area contributed by atoms with Crippen LogP contribution in [0.2, 0.25) is 0 Å². The van der Waals surface area contributed by atoms with E-state index in [1.165, 1.54) is 0 Å². The number of carboxylic acid groups (broad SMARTS) is 1. The fraction of sp³-hybridized carbons (Fsp3) is 0.423. The van der Waals surface area contributed by atoms with Crippen molar-refractivity contribution in [3.63, 3.8) is 0 Å². The van der Waals surface area contributed by atoms with Crippen LogP contribution in [-0.4, -0.2) is 42.3 Å². The first-order valence-electron chi connectivity index (χ1n) is 11.6. The van der Waals surface area contributed by atoms with Crippen LogP contribution in [0.25, 0.3) is 11.1 Å². The lowest BCUT2D eigenvalue weighted by molar-refractivity contribution is -0.143. The predicted molar refractivity (Wildman–Crippen MR) is 122 cm³/mol. The van der Waals surface area contributed by atoms with Gasteiger partial charge in [0.15, 0.2) is 0 Å². The average molecular weight is 449 g/mol. The maximum Gasteiger partial charge on any atom is 0.407 e. The van der Waals surface area contributed by atoms with Gasteiger partial charge in [0.1, 0.15) is 12.6 Å². The molecule has 2 saturated carbocycles. The molecule has 2 aromatic rings. The first kappa shape index (κ1) is 21.5. The Morgan fingerprint density at radius 1 is 1.00 bits per heavy atom. The van der Waals surface area contributed by atoms with Gasteiger partial charge < -0.3 is 20.5 Å². The molecule has 3 aliphatic carbocycles. The van der Waals surface area contributed by atoms with Gasteiger partial charge in [0.05, 0.1) is 5.41 Å². The largest absolute Gasteiger partial charge is 0.480 e. The minimum atomic E-state index is -1.00. The monoisotopic (exact) mass is 448 g/mol. The first-order chi connectivity index (χ1) is 16.0. The maximum atomic E-state index is 12.7. The molecule has 5 rings (SSSR count). The number of aliphatic carboxylic acids is 1. The quantitative estimate of drug-likeness (QED) is 0.543. The predicted octanol–water partition coefficient (Wildman–Crippen LogP) is 3.67. The van der Waals surface area contributed by atoms with E-state index in [4.69, 9.17) is 4.74 Å². The Labute approximate surface area is 192 Å². The molecular weight excluding hydrogens is 420 g/mol. The second kappa shape index (κ2) is 8.54. The van der Waals surface area contributed by atoms with Gasteiger partial charge in [-0.1, -0.05) is 61.4 Å². The third-order valence-electron chi connectivity index (χ3n) is 7.12. The van der Waals surface area contributed by atoms with Crippen molar-refractivity contribution in [3.8, 4) is 11.1 Å². The summed E-state index contributed by atoms with van der Waals surface area (Å²) in [6.45, 7) is 0.354. The molecule has 7 nitrogen and oxygen atoms in total. The van der Waals surface area contributed by atoms with Crippen molar-refractivity contribution in [2.24, 2.45) is 11.3 Å². The van der Waals surface area contributed by atoms with Crippen LogP contribution in [0.4, 0.5) is 4.79 Å². The van der Waals surface area contributed by atoms with Crippen molar-refractivity contribution in [2.75, 3.05) is 13.2 Å². The van der Waals surface area contributed by atoms with Gasteiger partial charge in [0.2, 0.25) is 5.91 Å². The molecular formula is C26H28N2O5. The molecule has 0 spiro atoms. The smallest absolute Gasteiger partial charge is 0.407 e. The van der Waals surface area contributed by atoms with E-state index in [1.54, 1.807) is 0 Å². The van der Waals surface area contributed by atoms with Crippen LogP contribution in [0.5, 0.6) is 0 Å². The molecule has 2 aromatic carbocycles. The van der Waals surface area contributed by atoms with Crippen molar-refractivity contribution in [1.29, 1.82) is 0 Å². The average Bonchev–Trinajstić information content (AvgIpc) is 3.74. The van der Waals surface area contributed by atoms with Gasteiger partial charge in [0.25, 0.3) is 0 Å². The summed E-state index contributed by atoms with van der Waals surface area (Å²) >= 11 is 0. The highest BCUT2D eigenvalue weighted by molar-refractivity contribution is 5.90. The highest BCUT2D eigenvalue weighted by Crippen LogP contribution is 2.46. The van der Waals surface area contributed by atoms with E-state index in [2.05, 4.69) is 34.9 Å². The van der Waals surface area contributed by atoms with E-state index >= 15 is 0 Å². The first-order valence-corrected chi connectivity index (χ1v) is 11.6. The fourth-order valence-electron chi connectivity index (χ4n) is 4.75. The molecule has 0 aliphatic heterocycles. The van der Waals surface area contributed by atoms with Gasteiger partial charge in [-0.15, -0.1) is 0 Å². The maximum absolute atomic E-state index is 12.7. The van der Waals surface area contributed by atoms with Gasteiger partial charge in [-0.25, -0.2) is 9.59 Å². The Balaban J connectivity index is 1.15. The van der Waals surface area contributed by atoms with Crippen molar-refractivity contribution >= 4 is 18.0 Å². The molecule has 0 radical (unpaired) electrons. The molecule has 33 heavy (non-hydrogen) atoms. The van der Waals surface area contributed by atoms with Gasteiger partial charge in [-0.2, -0.15) is 0 Å². The second-order valence-electron chi connectivity index (χ2n) is 9.50. The molecule has 2 fully saturated rings. The van der Waals surface area contributed by atoms with Crippen molar-refractivity contribution in [3.05, 3.63) is 59.7 Å². The molecule has 1 atom stereocenters. The normalized spacial score (nSPS) is 18.5. The Hall–Kier alpha value is -3.35. The summed E-state index contributed by atoms with van der Waals surface area (Å²) in [4.78, 5) is 36.7. The zero-order chi connectivity index (χ0) is 23.0. The number of carbonyl (C=O) groups excluding carboxylic acids is 2. The fourth-order valence-corrected chi connectivity index (χ4v) is 4.75. The topological polar surface area (TPSA) is 105 Å². The van der Waals surface area contributed by atoms with E-state index in [9.17, 15) is 19.5 Å². The van der Waals surface area contributed by atoms with E-state index < -0.39 is 23.5 Å². The van der Waals surface area contributed by atoms with Crippen LogP contribution in [0, 0.1) is 11.3 Å². The Bertz CT molecular complexity index is 1040. The van der Waals surface area contributed by atoms with Crippen molar-refractivity contribution in [1.82, 2.24) is 10.6 Å². The molecule has 0 bridgehead atoms. The van der Waals surface area contributed by atoms with Crippen LogP contribution in [-0.2, 0) is 14.3 Å². The number of amides is 2. The molecule has 3 N–H and O–H groups in total. The highest BCUT2D eigenvalue weighted by Gasteiger charge is 2.51. The van der Waals surface area contributed by atoms with Crippen molar-refractivity contribution in [2.45, 2.75) is 44.1 Å². The SMILES string of the molecule is O=C(NCC1(C(=O)NC(CC2CC2)C(=O)O)CC1)OCC1c2ccccc2-c2ccccc21. The third kappa shape index (κ3) is 4.45. The minimum Gasteiger partial charge on any atom is -0.480 e. The summed E-state index contributed by atoms with van der Waals surface area (Å²) < 4.78 is 5.55. The number of carboxylic acids is 1. The number of benzene rings is 2. The van der Waals surface area contributed by atoms with Crippen molar-refractivity contribution < 1.29 is 24.2 Å². The standard InChI is InChI=1S/C26H28N2O5/c29-23(30)22(13-16-9-10-16)28-24(31)26(11-12-26)15-27-25(32)33-14-21-19-7-3-1-5-17(19)18-6-2-4-8-20(18)21/h1-8,16,21-22H,9-15H2,(H,27,32)(H,28,31)(H,29,30). The number of rotatable bonds is 9. The summed E-state index contributed by atoms with van der Waals surface area (Å²) in [5.74, 6) is -0.939. The highest BCUT2D eigenvalue weighted by atomic mass is 16.5. The number of hydrogen-bond acceptors (Lipinski definition) is 4. The van der Waals surface area contributed by atoms with Gasteiger partial charge >= 0.3 is 12.1 Å². The van der Waals surface area contributed by atoms with Crippen LogP contribution >= 0.6 is 0 Å². The molecule has 0 aromatic heterocycles. The lowest BCUT2D eigenvalue weighted by Gasteiger charge is -2.20. The molecule has 2 amide bonds. The lowest BCUT2D eigenvalue weighted by Crippen LogP contribution is -2.47. The zero-order valence-electron chi connectivity index (χ0n) is 18.4. The number of fused-ring (bicyclic) bond motifs is 3. The summed E-state index contributed by atoms with van der Waals surface area (Å²) in [5, 5.41) is 14.8. The van der Waals surface area contributed by atoms with E-state index in [0.29, 0.717) is 25.2 Å². The molecule has 3 aliphatic rings. The van der Waals surface area contributed by atoms with Crippen LogP contribution < -0.4 is 10.6 Å². The van der Waals surface area contributed by atoms with E-state index in [0.717, 1.165) is 35.1 Å². The van der Waals surface area contributed by atoms with Crippen LogP contribution in [0.3, 0.4) is 0 Å². The number of nitrogens with one attached hydrogen (secondary N) is 2. The zero-order valence-corrected chi connectivity index (χ0v) is 18.4. The number of carbonyl (C=O) groups is 3. The summed E-state index contributed by atoms with van der Waals surface area (Å²) in [6, 6.07) is 15.4. The number of hydrogen-bond donors (Lipinski definition) is 3. The Morgan fingerprint density at radius 3 is 2.15 bits per heavy atom. The van der Waals surface area contributed by atoms with E-state index in [-0.39, 0.29) is 25.0 Å². The molecule has 0 saturated heterocycles. The van der Waals surface area contributed by atoms with Crippen LogP contribution in [0.15, 0.2) is 48.5 Å². The van der Waals surface area contributed by atoms with E-state index in [1.807, 2.05) is 24.3 Å². The molecule has 7 heteroatoms. The minimum absolute atomic E-state index is 0.0277. The van der Waals surface area contributed by atoms with Crippen LogP contribution in [0.1, 0.15) is 49.1 Å². The van der Waals surface area contributed by atoms with Gasteiger partial charge in [0, 0.05) is 12.5 Å². The molecule has 1 unspecified atom stereocenters. The molecule has 172 valence electrons. The number of alkyl carbamates (subject to hydrolysis) is 1. The summed E-state index contributed by atoms with van der Waals surface area (Å²) in [6.07, 6.45) is 3.19. The summed E-state index contributed by atoms with van der Waals surface area (Å²) in [7, 11) is 0. The Morgan fingerprint density at radius 2 is 1.61 bits per heavy atom. The Kier molecular flexibility index (Phi) is 5.56. The van der Waals surface area contributed by atoms with Gasteiger partial charge in [-0.05, 0) is 47.4 Å². The lowest BCUT2D eigenvalue weighted by atomic mass is 9.98. The third-order valence-corrected chi connectivity index (χ3v) is 7.12. The second-order valence-corrected chi connectivity index (χ2v) is 9.50. The molecule has 0 heterocycles. The number of ether oxygens (including phenoxy) is 1. The summed E-state index contributed by atoms with van der Waals surface area (Å²) in [5.41, 5.74) is 3.87. The van der Waals surface area contributed by atoms with Gasteiger partial charge in [-0.3, -0.25) is 4.79 Å².